The van der Waals surface area contributed by atoms with Gasteiger partial charge in [0.1, 0.15) is 6.54 Å². The van der Waals surface area contributed by atoms with Crippen LogP contribution >= 0.6 is 0 Å². The molecule has 1 heterocycles. The second-order valence-electron chi connectivity index (χ2n) is 7.34. The summed E-state index contributed by atoms with van der Waals surface area (Å²) in [4.78, 5) is 39.6. The van der Waals surface area contributed by atoms with E-state index in [0.29, 0.717) is 28.4 Å². The Balaban J connectivity index is 1.56. The molecule has 0 radical (unpaired) electrons. The van der Waals surface area contributed by atoms with Gasteiger partial charge in [0.2, 0.25) is 0 Å². The molecule has 1 aliphatic carbocycles. The third kappa shape index (κ3) is 3.73. The lowest BCUT2D eigenvalue weighted by Crippen LogP contribution is -2.34. The highest BCUT2D eigenvalue weighted by Crippen LogP contribution is 2.22. The fraction of sp³-hybridized carbons (Fsp3) is 0.292. The van der Waals surface area contributed by atoms with Crippen LogP contribution < -0.4 is 5.43 Å². The standard InChI is InChI=1S/C24H24N2O4/c1-2-25(17-9-3-4-10-17)22(27)16-30-23(28)15-26-20-13-7-5-11-18(20)24(29)19-12-6-8-14-21(19)26/h5-9,11-14H,2-4,10,15-16H2,1H3. The van der Waals surface area contributed by atoms with Gasteiger partial charge in [-0.1, -0.05) is 30.3 Å². The first-order valence-electron chi connectivity index (χ1n) is 10.3. The normalized spacial score (nSPS) is 13.4. The van der Waals surface area contributed by atoms with E-state index in [1.807, 2.05) is 31.2 Å². The summed E-state index contributed by atoms with van der Waals surface area (Å²) in [5, 5.41) is 1.09. The minimum atomic E-state index is -0.515. The van der Waals surface area contributed by atoms with Crippen LogP contribution in [0.5, 0.6) is 0 Å². The van der Waals surface area contributed by atoms with Crippen LogP contribution in [-0.2, 0) is 20.9 Å². The molecule has 1 aromatic heterocycles. The van der Waals surface area contributed by atoms with Crippen molar-refractivity contribution >= 4 is 33.7 Å². The molecule has 30 heavy (non-hydrogen) atoms. The van der Waals surface area contributed by atoms with Crippen LogP contribution in [0.1, 0.15) is 26.2 Å². The zero-order valence-corrected chi connectivity index (χ0v) is 17.0. The van der Waals surface area contributed by atoms with Gasteiger partial charge in [0.05, 0.1) is 11.0 Å². The Morgan fingerprint density at radius 1 is 1.03 bits per heavy atom. The number of amides is 1. The molecule has 0 spiro atoms. The number of nitrogens with zero attached hydrogens (tertiary/aromatic N) is 2. The molecular formula is C24H24N2O4. The first-order chi connectivity index (χ1) is 14.6. The van der Waals surface area contributed by atoms with E-state index in [0.717, 1.165) is 25.0 Å². The number of para-hydroxylation sites is 2. The molecular weight excluding hydrogens is 380 g/mol. The summed E-state index contributed by atoms with van der Waals surface area (Å²) in [6.07, 6.45) is 4.97. The Morgan fingerprint density at radius 3 is 2.23 bits per heavy atom. The molecule has 0 saturated carbocycles. The average molecular weight is 404 g/mol. The number of aromatic nitrogens is 1. The molecule has 6 heteroatoms. The molecule has 2 aromatic carbocycles. The minimum Gasteiger partial charge on any atom is -0.454 e. The fourth-order valence-corrected chi connectivity index (χ4v) is 4.08. The molecule has 6 nitrogen and oxygen atoms in total. The molecule has 1 aliphatic rings. The number of esters is 1. The SMILES string of the molecule is CCN(C(=O)COC(=O)Cn1c2ccccc2c(=O)c2ccccc21)C1=CCCC1. The van der Waals surface area contributed by atoms with Gasteiger partial charge in [-0.15, -0.1) is 0 Å². The summed E-state index contributed by atoms with van der Waals surface area (Å²) in [5.74, 6) is -0.729. The molecule has 0 aliphatic heterocycles. The van der Waals surface area contributed by atoms with Crippen molar-refractivity contribution in [3.8, 4) is 0 Å². The number of hydrogen-bond donors (Lipinski definition) is 0. The van der Waals surface area contributed by atoms with Crippen molar-refractivity contribution in [2.45, 2.75) is 32.7 Å². The van der Waals surface area contributed by atoms with Gasteiger partial charge < -0.3 is 14.2 Å². The smallest absolute Gasteiger partial charge is 0.326 e. The van der Waals surface area contributed by atoms with Crippen molar-refractivity contribution in [1.82, 2.24) is 9.47 Å². The van der Waals surface area contributed by atoms with Gasteiger partial charge in [-0.2, -0.15) is 0 Å². The maximum atomic E-state index is 12.8. The monoisotopic (exact) mass is 404 g/mol. The van der Waals surface area contributed by atoms with Gasteiger partial charge in [0, 0.05) is 23.0 Å². The Hall–Kier alpha value is -3.41. The first-order valence-corrected chi connectivity index (χ1v) is 10.3. The Kier molecular flexibility index (Phi) is 5.65. The van der Waals surface area contributed by atoms with E-state index >= 15 is 0 Å². The van der Waals surface area contributed by atoms with E-state index in [-0.39, 0.29) is 24.5 Å². The zero-order chi connectivity index (χ0) is 21.1. The highest BCUT2D eigenvalue weighted by Gasteiger charge is 2.20. The van der Waals surface area contributed by atoms with Crippen LogP contribution in [-0.4, -0.2) is 34.5 Å². The van der Waals surface area contributed by atoms with Gasteiger partial charge in [0.15, 0.2) is 12.0 Å². The van der Waals surface area contributed by atoms with Crippen molar-refractivity contribution in [2.75, 3.05) is 13.2 Å². The molecule has 3 aromatic rings. The number of fused-ring (bicyclic) bond motifs is 2. The predicted octanol–water partition coefficient (Wildman–Crippen LogP) is 3.61. The quantitative estimate of drug-likeness (QED) is 0.465. The number of allylic oxidation sites excluding steroid dienone is 2. The first kappa shape index (κ1) is 19.9. The maximum Gasteiger partial charge on any atom is 0.326 e. The Morgan fingerprint density at radius 2 is 1.67 bits per heavy atom. The molecule has 1 amide bonds. The van der Waals surface area contributed by atoms with Gasteiger partial charge >= 0.3 is 5.97 Å². The molecule has 0 fully saturated rings. The Labute approximate surface area is 174 Å². The summed E-state index contributed by atoms with van der Waals surface area (Å²) in [7, 11) is 0. The molecule has 0 bridgehead atoms. The molecule has 0 unspecified atom stereocenters. The zero-order valence-electron chi connectivity index (χ0n) is 17.0. The van der Waals surface area contributed by atoms with E-state index in [4.69, 9.17) is 4.74 Å². The predicted molar refractivity (Wildman–Crippen MR) is 116 cm³/mol. The summed E-state index contributed by atoms with van der Waals surface area (Å²) in [6, 6.07) is 14.4. The summed E-state index contributed by atoms with van der Waals surface area (Å²) in [5.41, 5.74) is 2.27. The van der Waals surface area contributed by atoms with Crippen LogP contribution in [0.25, 0.3) is 21.8 Å². The highest BCUT2D eigenvalue weighted by molar-refractivity contribution is 5.94. The topological polar surface area (TPSA) is 68.6 Å². The third-order valence-electron chi connectivity index (χ3n) is 5.50. The van der Waals surface area contributed by atoms with E-state index in [2.05, 4.69) is 6.08 Å². The molecule has 0 atom stereocenters. The number of pyridine rings is 1. The summed E-state index contributed by atoms with van der Waals surface area (Å²) in [6.45, 7) is 2.10. The van der Waals surface area contributed by atoms with Crippen LogP contribution in [0, 0.1) is 0 Å². The van der Waals surface area contributed by atoms with Crippen molar-refractivity contribution in [3.05, 3.63) is 70.5 Å². The van der Waals surface area contributed by atoms with Gasteiger partial charge in [-0.3, -0.25) is 14.4 Å². The van der Waals surface area contributed by atoms with Crippen LogP contribution in [0.3, 0.4) is 0 Å². The average Bonchev–Trinajstić information content (AvgIpc) is 3.30. The highest BCUT2D eigenvalue weighted by atomic mass is 16.5. The van der Waals surface area contributed by atoms with Crippen molar-refractivity contribution < 1.29 is 14.3 Å². The van der Waals surface area contributed by atoms with Gasteiger partial charge in [-0.25, -0.2) is 0 Å². The van der Waals surface area contributed by atoms with Crippen molar-refractivity contribution in [2.24, 2.45) is 0 Å². The van der Waals surface area contributed by atoms with E-state index in [1.165, 1.54) is 0 Å². The molecule has 0 saturated heterocycles. The fourth-order valence-electron chi connectivity index (χ4n) is 4.08. The van der Waals surface area contributed by atoms with E-state index < -0.39 is 5.97 Å². The maximum absolute atomic E-state index is 12.8. The van der Waals surface area contributed by atoms with Gasteiger partial charge in [-0.05, 0) is 50.5 Å². The second kappa shape index (κ2) is 8.53. The third-order valence-corrected chi connectivity index (χ3v) is 5.50. The Bertz CT molecular complexity index is 1150. The second-order valence-corrected chi connectivity index (χ2v) is 7.34. The molecule has 4 rings (SSSR count). The summed E-state index contributed by atoms with van der Waals surface area (Å²) < 4.78 is 7.10. The van der Waals surface area contributed by atoms with E-state index in [9.17, 15) is 14.4 Å². The number of hydrogen-bond acceptors (Lipinski definition) is 4. The lowest BCUT2D eigenvalue weighted by Gasteiger charge is -2.22. The van der Waals surface area contributed by atoms with Gasteiger partial charge in [0.25, 0.3) is 5.91 Å². The van der Waals surface area contributed by atoms with Crippen LogP contribution in [0.4, 0.5) is 0 Å². The number of carbonyl (C=O) groups excluding carboxylic acids is 2. The van der Waals surface area contributed by atoms with E-state index in [1.54, 1.807) is 33.7 Å². The minimum absolute atomic E-state index is 0.0654. The van der Waals surface area contributed by atoms with Crippen molar-refractivity contribution in [3.63, 3.8) is 0 Å². The number of likely N-dealkylation sites (N-methyl/N-ethyl adjacent to an activating group) is 1. The number of ether oxygens (including phenoxy) is 1. The summed E-state index contributed by atoms with van der Waals surface area (Å²) >= 11 is 0. The lowest BCUT2D eigenvalue weighted by atomic mass is 10.1. The lowest BCUT2D eigenvalue weighted by molar-refractivity contribution is -0.151. The molecule has 154 valence electrons. The van der Waals surface area contributed by atoms with Crippen LogP contribution in [0.2, 0.25) is 0 Å². The number of rotatable bonds is 6. The number of carbonyl (C=O) groups is 2. The number of benzene rings is 2. The molecule has 0 N–H and O–H groups in total. The van der Waals surface area contributed by atoms with Crippen molar-refractivity contribution in [1.29, 1.82) is 0 Å². The van der Waals surface area contributed by atoms with Crippen LogP contribution in [0.15, 0.2) is 65.1 Å². The largest absolute Gasteiger partial charge is 0.454 e.